The van der Waals surface area contributed by atoms with Crippen molar-refractivity contribution >= 4 is 29.0 Å². The molecule has 0 atom stereocenters. The third-order valence-corrected chi connectivity index (χ3v) is 2.24. The first-order chi connectivity index (χ1) is 8.49. The Morgan fingerprint density at radius 1 is 1.44 bits per heavy atom. The van der Waals surface area contributed by atoms with Crippen molar-refractivity contribution < 1.29 is 9.90 Å². The van der Waals surface area contributed by atoms with E-state index in [0.29, 0.717) is 5.56 Å². The molecule has 0 spiro atoms. The van der Waals surface area contributed by atoms with E-state index in [1.54, 1.807) is 25.1 Å². The molecule has 1 aromatic carbocycles. The highest BCUT2D eigenvalue weighted by Crippen LogP contribution is 2.25. The second-order valence-corrected chi connectivity index (χ2v) is 3.68. The largest absolute Gasteiger partial charge is 0.478 e. The predicted molar refractivity (Wildman–Crippen MR) is 65.4 cm³/mol. The number of hydrogen-bond acceptors (Lipinski definition) is 5. The summed E-state index contributed by atoms with van der Waals surface area (Å²) in [4.78, 5) is 11.0. The fourth-order valence-corrected chi connectivity index (χ4v) is 1.52. The van der Waals surface area contributed by atoms with Gasteiger partial charge in [0.25, 0.3) is 0 Å². The number of anilines is 1. The highest BCUT2D eigenvalue weighted by Gasteiger charge is 2.13. The van der Waals surface area contributed by atoms with Gasteiger partial charge >= 0.3 is 5.97 Å². The summed E-state index contributed by atoms with van der Waals surface area (Å²) in [5.74, 6) is -1.19. The molecular formula is C11H7ClN4O2. The van der Waals surface area contributed by atoms with Crippen molar-refractivity contribution in [3.63, 3.8) is 0 Å². The van der Waals surface area contributed by atoms with Crippen LogP contribution in [0.3, 0.4) is 0 Å². The normalized spacial score (nSPS) is 8.89. The van der Waals surface area contributed by atoms with Crippen LogP contribution in [0.15, 0.2) is 17.2 Å². The number of aromatic carboxylic acids is 1. The molecule has 0 saturated heterocycles. The molecule has 18 heavy (non-hydrogen) atoms. The van der Waals surface area contributed by atoms with Gasteiger partial charge in [-0.05, 0) is 24.6 Å². The lowest BCUT2D eigenvalue weighted by Crippen LogP contribution is -2.06. The third kappa shape index (κ3) is 2.97. The molecule has 0 aromatic heterocycles. The lowest BCUT2D eigenvalue weighted by atomic mass is 10.1. The summed E-state index contributed by atoms with van der Waals surface area (Å²) in [5.41, 5.74) is 2.64. The molecule has 2 N–H and O–H groups in total. The fourth-order valence-electron chi connectivity index (χ4n) is 1.25. The van der Waals surface area contributed by atoms with Gasteiger partial charge in [0.2, 0.25) is 5.71 Å². The summed E-state index contributed by atoms with van der Waals surface area (Å²) in [5, 5.41) is 29.8. The number of hydrazone groups is 1. The van der Waals surface area contributed by atoms with Crippen LogP contribution in [0.25, 0.3) is 0 Å². The van der Waals surface area contributed by atoms with Crippen molar-refractivity contribution in [2.45, 2.75) is 6.92 Å². The zero-order valence-corrected chi connectivity index (χ0v) is 9.99. The molecule has 0 bridgehead atoms. The number of rotatable bonds is 3. The Balaban J connectivity index is 3.26. The lowest BCUT2D eigenvalue weighted by molar-refractivity contribution is 0.0698. The molecule has 1 rings (SSSR count). The maximum Gasteiger partial charge on any atom is 0.337 e. The van der Waals surface area contributed by atoms with Gasteiger partial charge in [-0.15, -0.1) is 0 Å². The summed E-state index contributed by atoms with van der Waals surface area (Å²) in [6.07, 6.45) is 0. The number of hydrogen-bond donors (Lipinski definition) is 2. The maximum absolute atomic E-state index is 11.0. The maximum atomic E-state index is 11.0. The van der Waals surface area contributed by atoms with Gasteiger partial charge in [0.1, 0.15) is 12.1 Å². The molecule has 0 unspecified atom stereocenters. The number of halogens is 1. The first-order valence-corrected chi connectivity index (χ1v) is 5.04. The van der Waals surface area contributed by atoms with Crippen LogP contribution in [-0.4, -0.2) is 16.8 Å². The smallest absolute Gasteiger partial charge is 0.337 e. The van der Waals surface area contributed by atoms with Crippen molar-refractivity contribution in [2.75, 3.05) is 5.43 Å². The molecule has 0 aliphatic carbocycles. The van der Waals surface area contributed by atoms with Crippen molar-refractivity contribution in [3.8, 4) is 12.1 Å². The molecule has 7 heteroatoms. The van der Waals surface area contributed by atoms with Crippen LogP contribution in [0.1, 0.15) is 15.9 Å². The van der Waals surface area contributed by atoms with Crippen molar-refractivity contribution in [1.29, 1.82) is 10.5 Å². The third-order valence-electron chi connectivity index (χ3n) is 2.02. The summed E-state index contributed by atoms with van der Waals surface area (Å²) >= 11 is 5.75. The Hall–Kier alpha value is -2.57. The van der Waals surface area contributed by atoms with Crippen LogP contribution in [0.4, 0.5) is 5.69 Å². The average molecular weight is 263 g/mol. The van der Waals surface area contributed by atoms with E-state index in [9.17, 15) is 4.79 Å². The van der Waals surface area contributed by atoms with E-state index in [0.717, 1.165) is 0 Å². The molecule has 0 aliphatic heterocycles. The molecular weight excluding hydrogens is 256 g/mol. The summed E-state index contributed by atoms with van der Waals surface area (Å²) in [7, 11) is 0. The minimum Gasteiger partial charge on any atom is -0.478 e. The highest BCUT2D eigenvalue weighted by atomic mass is 35.5. The number of nitriles is 2. The Bertz CT molecular complexity index is 595. The van der Waals surface area contributed by atoms with Crippen LogP contribution < -0.4 is 5.43 Å². The molecule has 0 fully saturated rings. The van der Waals surface area contributed by atoms with E-state index in [4.69, 9.17) is 27.2 Å². The molecule has 90 valence electrons. The van der Waals surface area contributed by atoms with E-state index in [-0.39, 0.29) is 16.3 Å². The number of nitrogens with zero attached hydrogens (tertiary/aromatic N) is 3. The number of carbonyl (C=O) groups is 1. The zero-order valence-electron chi connectivity index (χ0n) is 9.23. The van der Waals surface area contributed by atoms with E-state index in [1.807, 2.05) is 0 Å². The second kappa shape index (κ2) is 5.67. The van der Waals surface area contributed by atoms with Crippen molar-refractivity contribution in [2.24, 2.45) is 5.10 Å². The molecule has 0 radical (unpaired) electrons. The van der Waals surface area contributed by atoms with Gasteiger partial charge in [0, 0.05) is 5.02 Å². The summed E-state index contributed by atoms with van der Waals surface area (Å²) in [6.45, 7) is 1.63. The van der Waals surface area contributed by atoms with Gasteiger partial charge < -0.3 is 5.11 Å². The van der Waals surface area contributed by atoms with Gasteiger partial charge in [-0.1, -0.05) is 11.6 Å². The van der Waals surface area contributed by atoms with E-state index in [2.05, 4.69) is 10.5 Å². The SMILES string of the molecule is Cc1cc(Cl)cc(C(=O)O)c1NN=C(C#N)C#N. The molecule has 6 nitrogen and oxygen atoms in total. The fraction of sp³-hybridized carbons (Fsp3) is 0.0909. The Morgan fingerprint density at radius 2 is 2.06 bits per heavy atom. The van der Waals surface area contributed by atoms with Gasteiger partial charge in [-0.3, -0.25) is 5.43 Å². The molecule has 0 saturated carbocycles. The van der Waals surface area contributed by atoms with E-state index >= 15 is 0 Å². The number of carboxylic acids is 1. The topological polar surface area (TPSA) is 109 Å². The average Bonchev–Trinajstić information content (AvgIpc) is 2.31. The van der Waals surface area contributed by atoms with Crippen LogP contribution in [0.2, 0.25) is 5.02 Å². The van der Waals surface area contributed by atoms with Crippen molar-refractivity contribution in [1.82, 2.24) is 0 Å². The Morgan fingerprint density at radius 3 is 2.56 bits per heavy atom. The van der Waals surface area contributed by atoms with Gasteiger partial charge in [-0.25, -0.2) is 4.79 Å². The predicted octanol–water partition coefficient (Wildman–Crippen LogP) is 2.16. The first kappa shape index (κ1) is 13.5. The highest BCUT2D eigenvalue weighted by molar-refractivity contribution is 6.31. The molecule has 0 amide bonds. The quantitative estimate of drug-likeness (QED) is 0.641. The van der Waals surface area contributed by atoms with Gasteiger partial charge in [-0.2, -0.15) is 15.6 Å². The summed E-state index contributed by atoms with van der Waals surface area (Å²) in [6, 6.07) is 5.91. The molecule has 1 aromatic rings. The van der Waals surface area contributed by atoms with Crippen LogP contribution in [0, 0.1) is 29.6 Å². The van der Waals surface area contributed by atoms with Crippen LogP contribution >= 0.6 is 11.6 Å². The van der Waals surface area contributed by atoms with Gasteiger partial charge in [0.15, 0.2) is 0 Å². The van der Waals surface area contributed by atoms with Crippen LogP contribution in [0.5, 0.6) is 0 Å². The minimum atomic E-state index is -1.19. The van der Waals surface area contributed by atoms with E-state index < -0.39 is 11.7 Å². The standard InChI is InChI=1S/C11H7ClN4O2/c1-6-2-7(12)3-9(11(17)18)10(6)16-15-8(4-13)5-14/h2-3,16H,1H3,(H,17,18). The monoisotopic (exact) mass is 262 g/mol. The van der Waals surface area contributed by atoms with Gasteiger partial charge in [0.05, 0.1) is 11.3 Å². The molecule has 0 heterocycles. The number of benzene rings is 1. The second-order valence-electron chi connectivity index (χ2n) is 3.25. The Labute approximate surface area is 108 Å². The number of carboxylic acid groups (broad SMARTS) is 1. The number of aryl methyl sites for hydroxylation is 1. The lowest BCUT2D eigenvalue weighted by Gasteiger charge is -2.09. The number of nitrogens with one attached hydrogen (secondary N) is 1. The minimum absolute atomic E-state index is 0.0843. The summed E-state index contributed by atoms with van der Waals surface area (Å²) < 4.78 is 0. The van der Waals surface area contributed by atoms with Crippen LogP contribution in [-0.2, 0) is 0 Å². The zero-order chi connectivity index (χ0) is 13.7. The van der Waals surface area contributed by atoms with Crippen molar-refractivity contribution in [3.05, 3.63) is 28.3 Å². The first-order valence-electron chi connectivity index (χ1n) is 4.67. The van der Waals surface area contributed by atoms with E-state index in [1.165, 1.54) is 6.07 Å². The molecule has 0 aliphatic rings. The Kier molecular flexibility index (Phi) is 4.25.